The highest BCUT2D eigenvalue weighted by Crippen LogP contribution is 2.32. The molecule has 1 aliphatic heterocycles. The molecule has 2 aromatic rings. The Bertz CT molecular complexity index is 2660. The van der Waals surface area contributed by atoms with Crippen molar-refractivity contribution in [1.82, 2.24) is 36.8 Å². The topological polar surface area (TPSA) is 370 Å². The van der Waals surface area contributed by atoms with E-state index in [0.717, 1.165) is 12.8 Å². The Morgan fingerprint density at radius 1 is 0.776 bits per heavy atom. The standard InChI is InChI=1S/C60H92N8O17/c1-14-15-16-20-45(71)66-40(31-64-43(69)24-21-33(2)3)52(75)62-26-25-44(70)63-30-37-28-36(22-23-42(37)84-57-48(74)46(72)47(73)49(85-57)56(80)81)32-83-58(82)65-39-19-17-18-38(29-39)60(10,11)50(61-12)53(76)67-51(59(7,8)9)54(77)68(13)41(34(4)5)27-35(6)55(78)79/h17-19,22-23,27-29,33-34,40-41,46-51,57,61,72-74H,14-16,20-21,24-26,30-32H2,1-13H3,(H,62,75)(H,63,70)(H,64,69)(H,65,82)(H,66,71)(H,67,76)(H,78,79)(H,80,81)/b35-27+. The first kappa shape index (κ1) is 72.1. The number of aliphatic carboxylic acids is 2. The van der Waals surface area contributed by atoms with Crippen LogP contribution in [0.15, 0.2) is 54.1 Å². The number of hydrogen-bond acceptors (Lipinski definition) is 16. The van der Waals surface area contributed by atoms with Gasteiger partial charge in [-0.1, -0.05) is 106 Å². The summed E-state index contributed by atoms with van der Waals surface area (Å²) in [6.07, 6.45) is -6.00. The number of rotatable bonds is 32. The van der Waals surface area contributed by atoms with E-state index in [4.69, 9.17) is 14.2 Å². The third-order valence-corrected chi connectivity index (χ3v) is 14.6. The van der Waals surface area contributed by atoms with E-state index in [1.165, 1.54) is 36.1 Å². The molecule has 1 aliphatic rings. The van der Waals surface area contributed by atoms with E-state index in [9.17, 15) is 68.7 Å². The molecule has 0 bridgehead atoms. The minimum atomic E-state index is -2.00. The third kappa shape index (κ3) is 22.3. The molecule has 1 saturated heterocycles. The number of nitrogens with one attached hydrogen (secondary N) is 7. The number of amides is 7. The summed E-state index contributed by atoms with van der Waals surface area (Å²) in [6.45, 7) is 19.2. The smallest absolute Gasteiger partial charge is 0.411 e. The van der Waals surface area contributed by atoms with Crippen LogP contribution in [0.1, 0.15) is 138 Å². The molecule has 7 amide bonds. The number of unbranched alkanes of at least 4 members (excludes halogenated alkanes) is 2. The van der Waals surface area contributed by atoms with E-state index in [-0.39, 0.29) is 86.0 Å². The SMILES string of the molecule is CCCCCC(=O)NC(CNC(=O)CCC(C)C)C(=O)NCCC(=O)NCc1cc(COC(=O)Nc2cccc(C(C)(C)C(NC)C(=O)NC(C(=O)N(C)C(/C=C(\C)C(=O)O)C(C)C)C(C)(C)C)c2)ccc1OC1OC(C(=O)O)C(O)C(O)C1O. The zero-order valence-electron chi connectivity index (χ0n) is 51.3. The summed E-state index contributed by atoms with van der Waals surface area (Å²) in [4.78, 5) is 119. The van der Waals surface area contributed by atoms with Gasteiger partial charge in [0.1, 0.15) is 42.8 Å². The highest BCUT2D eigenvalue weighted by atomic mass is 16.7. The fourth-order valence-electron chi connectivity index (χ4n) is 9.28. The number of aliphatic hydroxyl groups excluding tert-OH is 3. The predicted octanol–water partition coefficient (Wildman–Crippen LogP) is 3.36. The van der Waals surface area contributed by atoms with Crippen LogP contribution >= 0.6 is 0 Å². The fourth-order valence-corrected chi connectivity index (χ4v) is 9.28. The average molecular weight is 1200 g/mol. The summed E-state index contributed by atoms with van der Waals surface area (Å²) in [6, 6.07) is 7.38. The van der Waals surface area contributed by atoms with Gasteiger partial charge in [0.2, 0.25) is 41.7 Å². The number of ether oxygens (including phenoxy) is 3. The highest BCUT2D eigenvalue weighted by molar-refractivity contribution is 5.92. The minimum Gasteiger partial charge on any atom is -0.479 e. The quantitative estimate of drug-likeness (QED) is 0.0369. The largest absolute Gasteiger partial charge is 0.479 e. The van der Waals surface area contributed by atoms with Crippen molar-refractivity contribution in [2.24, 2.45) is 17.3 Å². The molecule has 1 fully saturated rings. The summed E-state index contributed by atoms with van der Waals surface area (Å²) < 4.78 is 16.8. The van der Waals surface area contributed by atoms with Gasteiger partial charge in [0.05, 0.1) is 12.1 Å². The van der Waals surface area contributed by atoms with Crippen molar-refractivity contribution in [3.05, 3.63) is 70.8 Å². The van der Waals surface area contributed by atoms with Crippen molar-refractivity contribution >= 4 is 59.2 Å². The fraction of sp³-hybridized carbons (Fsp3) is 0.617. The maximum absolute atomic E-state index is 14.3. The normalized spacial score (nSPS) is 18.7. The van der Waals surface area contributed by atoms with Gasteiger partial charge in [-0.3, -0.25) is 34.1 Å². The van der Waals surface area contributed by atoms with Crippen molar-refractivity contribution in [2.75, 3.05) is 32.5 Å². The summed E-state index contributed by atoms with van der Waals surface area (Å²) in [7, 11) is 3.18. The van der Waals surface area contributed by atoms with Crippen molar-refractivity contribution < 1.29 is 82.9 Å². The summed E-state index contributed by atoms with van der Waals surface area (Å²) >= 11 is 0. The number of carboxylic acid groups (broad SMARTS) is 2. The zero-order chi connectivity index (χ0) is 64.1. The minimum absolute atomic E-state index is 0.0763. The number of aliphatic hydroxyl groups is 3. The van der Waals surface area contributed by atoms with E-state index in [0.29, 0.717) is 29.7 Å². The van der Waals surface area contributed by atoms with Crippen LogP contribution in [-0.4, -0.2) is 166 Å². The molecule has 25 nitrogen and oxygen atoms in total. The number of hydrogen-bond donors (Lipinski definition) is 12. The monoisotopic (exact) mass is 1200 g/mol. The van der Waals surface area contributed by atoms with Crippen LogP contribution in [0.25, 0.3) is 0 Å². The van der Waals surface area contributed by atoms with Gasteiger partial charge < -0.3 is 76.5 Å². The van der Waals surface area contributed by atoms with Gasteiger partial charge in [-0.15, -0.1) is 0 Å². The maximum atomic E-state index is 14.3. The number of anilines is 1. The van der Waals surface area contributed by atoms with Crippen molar-refractivity contribution in [3.63, 3.8) is 0 Å². The van der Waals surface area contributed by atoms with Crippen LogP contribution in [0.3, 0.4) is 0 Å². The molecular formula is C60H92N8O17. The molecule has 12 N–H and O–H groups in total. The second kappa shape index (κ2) is 33.5. The van der Waals surface area contributed by atoms with Gasteiger partial charge in [0, 0.05) is 68.2 Å². The van der Waals surface area contributed by atoms with E-state index >= 15 is 0 Å². The Hall–Kier alpha value is -7.19. The first-order valence-electron chi connectivity index (χ1n) is 28.7. The van der Waals surface area contributed by atoms with E-state index in [1.54, 1.807) is 38.4 Å². The Balaban J connectivity index is 1.81. The molecule has 3 rings (SSSR count). The number of nitrogens with zero attached hydrogens (tertiary/aromatic N) is 1. The number of carbonyl (C=O) groups is 9. The molecule has 0 aliphatic carbocycles. The third-order valence-electron chi connectivity index (χ3n) is 14.6. The van der Waals surface area contributed by atoms with Crippen LogP contribution in [0.2, 0.25) is 0 Å². The molecule has 1 heterocycles. The van der Waals surface area contributed by atoms with Crippen LogP contribution in [-0.2, 0) is 66.4 Å². The van der Waals surface area contributed by atoms with Crippen LogP contribution in [0.5, 0.6) is 5.75 Å². The Morgan fingerprint density at radius 2 is 1.45 bits per heavy atom. The molecule has 0 radical (unpaired) electrons. The van der Waals surface area contributed by atoms with Gasteiger partial charge in [-0.2, -0.15) is 0 Å². The van der Waals surface area contributed by atoms with Crippen molar-refractivity contribution in [1.29, 1.82) is 0 Å². The first-order valence-corrected chi connectivity index (χ1v) is 28.7. The zero-order valence-corrected chi connectivity index (χ0v) is 51.3. The molecule has 0 aromatic heterocycles. The van der Waals surface area contributed by atoms with E-state index in [1.807, 2.05) is 69.2 Å². The molecular weight excluding hydrogens is 1100 g/mol. The predicted molar refractivity (Wildman–Crippen MR) is 314 cm³/mol. The Kier molecular flexibility index (Phi) is 28.4. The lowest BCUT2D eigenvalue weighted by molar-refractivity contribution is -0.271. The molecule has 85 heavy (non-hydrogen) atoms. The first-order chi connectivity index (χ1) is 39.7. The van der Waals surface area contributed by atoms with Gasteiger partial charge in [-0.25, -0.2) is 14.4 Å². The summed E-state index contributed by atoms with van der Waals surface area (Å²) in [5, 5.41) is 70.1. The van der Waals surface area contributed by atoms with Gasteiger partial charge in [0.15, 0.2) is 6.10 Å². The number of benzene rings is 2. The number of carboxylic acids is 2. The number of likely N-dealkylation sites (N-methyl/N-ethyl adjacent to an activating group) is 2. The number of carbonyl (C=O) groups excluding carboxylic acids is 7. The summed E-state index contributed by atoms with van der Waals surface area (Å²) in [5.74, 6) is -5.47. The second-order valence-corrected chi connectivity index (χ2v) is 23.8. The van der Waals surface area contributed by atoms with Crippen LogP contribution in [0, 0.1) is 17.3 Å². The second-order valence-electron chi connectivity index (χ2n) is 23.8. The molecule has 2 aromatic carbocycles. The van der Waals surface area contributed by atoms with E-state index < -0.39 is 107 Å². The Morgan fingerprint density at radius 3 is 2.05 bits per heavy atom. The van der Waals surface area contributed by atoms with Gasteiger partial charge >= 0.3 is 18.0 Å². The lowest BCUT2D eigenvalue weighted by atomic mass is 9.76. The van der Waals surface area contributed by atoms with Gasteiger partial charge in [-0.05, 0) is 79.5 Å². The molecule has 474 valence electrons. The molecule has 25 heteroatoms. The van der Waals surface area contributed by atoms with Gasteiger partial charge in [0.25, 0.3) is 0 Å². The molecule has 0 spiro atoms. The molecule has 0 saturated carbocycles. The summed E-state index contributed by atoms with van der Waals surface area (Å²) in [5.41, 5.74) is -0.222. The lowest BCUT2D eigenvalue weighted by Crippen LogP contribution is -2.61. The van der Waals surface area contributed by atoms with Crippen LogP contribution in [0.4, 0.5) is 10.5 Å². The maximum Gasteiger partial charge on any atom is 0.411 e. The highest BCUT2D eigenvalue weighted by Gasteiger charge is 2.48. The van der Waals surface area contributed by atoms with E-state index in [2.05, 4.69) is 37.2 Å². The Labute approximate surface area is 498 Å². The van der Waals surface area contributed by atoms with Crippen LogP contribution < -0.4 is 42.0 Å². The van der Waals surface area contributed by atoms with Crippen molar-refractivity contribution in [3.8, 4) is 5.75 Å². The average Bonchev–Trinajstić information content (AvgIpc) is 3.60. The lowest BCUT2D eigenvalue weighted by Gasteiger charge is -2.40. The van der Waals surface area contributed by atoms with Crippen molar-refractivity contribution in [2.45, 2.75) is 195 Å². The molecule has 9 unspecified atom stereocenters. The molecule has 9 atom stereocenters.